The number of esters is 1. The summed E-state index contributed by atoms with van der Waals surface area (Å²) in [7, 11) is 2.03. The van der Waals surface area contributed by atoms with Gasteiger partial charge in [-0.25, -0.2) is 0 Å². The Labute approximate surface area is 101 Å². The van der Waals surface area contributed by atoms with Crippen molar-refractivity contribution in [1.82, 2.24) is 5.32 Å². The molecule has 4 aliphatic carbocycles. The molecule has 0 aliphatic heterocycles. The Hall–Kier alpha value is -0.280. The molecule has 3 nitrogen and oxygen atoms in total. The van der Waals surface area contributed by atoms with Gasteiger partial charge in [-0.2, -0.15) is 0 Å². The molecule has 0 heterocycles. The van der Waals surface area contributed by atoms with E-state index in [2.05, 4.69) is 5.32 Å². The Balaban J connectivity index is 1.82. The van der Waals surface area contributed by atoms with Gasteiger partial charge in [0.15, 0.2) is 0 Å². The minimum Gasteiger partial charge on any atom is -0.458 e. The number of carbonyl (C=O) groups is 1. The fourth-order valence-electron chi connectivity index (χ4n) is 4.52. The Morgan fingerprint density at radius 3 is 2.50 bits per heavy atom. The lowest BCUT2D eigenvalue weighted by Crippen LogP contribution is -2.53. The van der Waals surface area contributed by atoms with Crippen LogP contribution in [0.3, 0.4) is 0 Å². The second-order valence-corrected chi connectivity index (χ2v) is 6.10. The molecule has 0 saturated heterocycles. The number of hydrogen-bond donors (Lipinski definition) is 1. The Morgan fingerprint density at radius 2 is 2.00 bits per heavy atom. The summed E-state index contributed by atoms with van der Waals surface area (Å²) in [6, 6.07) is 0. The van der Waals surface area contributed by atoms with Crippen LogP contribution in [-0.4, -0.2) is 30.0 Å². The van der Waals surface area contributed by atoms with Gasteiger partial charge >= 0.3 is 5.97 Å². The van der Waals surface area contributed by atoms with Crippen molar-refractivity contribution in [2.75, 3.05) is 12.9 Å². The predicted octanol–water partition coefficient (Wildman–Crippen LogP) is 1.69. The van der Waals surface area contributed by atoms with Crippen molar-refractivity contribution >= 4 is 17.6 Å². The third-order valence-corrected chi connectivity index (χ3v) is 5.09. The summed E-state index contributed by atoms with van der Waals surface area (Å²) in [6.07, 6.45) is 5.61. The first-order valence-corrected chi connectivity index (χ1v) is 6.61. The zero-order chi connectivity index (χ0) is 11.4. The molecule has 0 radical (unpaired) electrons. The summed E-state index contributed by atoms with van der Waals surface area (Å²) in [5, 5.41) is 3.46. The number of carbonyl (C=O) groups excluding carboxylic acids is 1. The van der Waals surface area contributed by atoms with Crippen LogP contribution in [0.1, 0.15) is 32.1 Å². The molecule has 4 aliphatic rings. The lowest BCUT2D eigenvalue weighted by molar-refractivity contribution is -0.162. The fourth-order valence-corrected chi connectivity index (χ4v) is 4.58. The van der Waals surface area contributed by atoms with Crippen molar-refractivity contribution in [2.24, 2.45) is 11.8 Å². The molecule has 1 N–H and O–H groups in total. The van der Waals surface area contributed by atoms with Crippen LogP contribution in [-0.2, 0) is 9.53 Å². The van der Waals surface area contributed by atoms with Crippen LogP contribution in [0.2, 0.25) is 0 Å². The van der Waals surface area contributed by atoms with Crippen molar-refractivity contribution in [2.45, 2.75) is 43.2 Å². The van der Waals surface area contributed by atoms with E-state index in [9.17, 15) is 4.79 Å². The summed E-state index contributed by atoms with van der Waals surface area (Å²) in [4.78, 5) is 11.4. The van der Waals surface area contributed by atoms with Crippen LogP contribution in [0.5, 0.6) is 0 Å². The van der Waals surface area contributed by atoms with E-state index in [1.54, 1.807) is 0 Å². The van der Waals surface area contributed by atoms with Crippen LogP contribution in [0.15, 0.2) is 0 Å². The quantitative estimate of drug-likeness (QED) is 0.606. The first kappa shape index (κ1) is 10.8. The molecule has 4 saturated carbocycles. The average Bonchev–Trinajstić information content (AvgIpc) is 2.64. The van der Waals surface area contributed by atoms with E-state index in [1.807, 2.05) is 7.05 Å². The number of alkyl halides is 1. The molecular weight excluding hydrogens is 226 g/mol. The maximum atomic E-state index is 11.4. The molecule has 4 heteroatoms. The smallest absolute Gasteiger partial charge is 0.321 e. The van der Waals surface area contributed by atoms with Crippen molar-refractivity contribution in [3.05, 3.63) is 0 Å². The highest BCUT2D eigenvalue weighted by Gasteiger charge is 2.63. The highest BCUT2D eigenvalue weighted by Crippen LogP contribution is 2.62. The Morgan fingerprint density at radius 1 is 1.38 bits per heavy atom. The molecule has 4 rings (SSSR count). The third-order valence-electron chi connectivity index (χ3n) is 4.87. The van der Waals surface area contributed by atoms with E-state index in [0.29, 0.717) is 0 Å². The molecule has 90 valence electrons. The van der Waals surface area contributed by atoms with Crippen molar-refractivity contribution in [3.8, 4) is 0 Å². The Bertz CT molecular complexity index is 317. The van der Waals surface area contributed by atoms with Gasteiger partial charge in [-0.05, 0) is 44.6 Å². The molecule has 16 heavy (non-hydrogen) atoms. The van der Waals surface area contributed by atoms with E-state index < -0.39 is 0 Å². The highest BCUT2D eigenvalue weighted by atomic mass is 35.5. The lowest BCUT2D eigenvalue weighted by Gasteiger charge is -2.45. The number of halogens is 1. The minimum absolute atomic E-state index is 0.0242. The average molecular weight is 244 g/mol. The molecule has 0 aromatic carbocycles. The van der Waals surface area contributed by atoms with Gasteiger partial charge in [0.25, 0.3) is 0 Å². The first-order valence-electron chi connectivity index (χ1n) is 6.07. The number of ether oxygens (including phenoxy) is 1. The van der Waals surface area contributed by atoms with Gasteiger partial charge in [-0.15, -0.1) is 11.6 Å². The maximum Gasteiger partial charge on any atom is 0.321 e. The zero-order valence-corrected chi connectivity index (χ0v) is 10.3. The summed E-state index contributed by atoms with van der Waals surface area (Å²) < 4.78 is 5.64. The van der Waals surface area contributed by atoms with Crippen molar-refractivity contribution < 1.29 is 9.53 Å². The second-order valence-electron chi connectivity index (χ2n) is 5.83. The summed E-state index contributed by atoms with van der Waals surface area (Å²) in [5.74, 6) is 1.23. The third kappa shape index (κ3) is 1.41. The maximum absolute atomic E-state index is 11.4. The zero-order valence-electron chi connectivity index (χ0n) is 9.59. The molecule has 4 fully saturated rings. The molecular formula is C12H18ClNO2. The van der Waals surface area contributed by atoms with E-state index in [4.69, 9.17) is 16.3 Å². The van der Waals surface area contributed by atoms with E-state index in [0.717, 1.165) is 31.1 Å². The standard InChI is InChI=1S/C12H18ClNO2/c1-14-11-2-8-4-12(7-11,5-9(8)3-11)16-10(15)6-13/h8-9,14H,2-7H2,1H3. The Kier molecular flexibility index (Phi) is 2.28. The molecule has 4 bridgehead atoms. The molecule has 0 amide bonds. The van der Waals surface area contributed by atoms with Gasteiger partial charge in [0.05, 0.1) is 0 Å². The van der Waals surface area contributed by atoms with Crippen LogP contribution < -0.4 is 5.32 Å². The van der Waals surface area contributed by atoms with Gasteiger partial charge in [-0.1, -0.05) is 0 Å². The SMILES string of the molecule is CNC12CC3CC(OC(=O)CCl)(CC3C1)C2. The van der Waals surface area contributed by atoms with Crippen LogP contribution in [0.4, 0.5) is 0 Å². The minimum atomic E-state index is -0.255. The second kappa shape index (κ2) is 3.36. The summed E-state index contributed by atoms with van der Waals surface area (Å²) in [6.45, 7) is 0. The number of hydrogen-bond acceptors (Lipinski definition) is 3. The predicted molar refractivity (Wildman–Crippen MR) is 61.4 cm³/mol. The largest absolute Gasteiger partial charge is 0.458 e. The van der Waals surface area contributed by atoms with Gasteiger partial charge in [0.2, 0.25) is 0 Å². The molecule has 0 spiro atoms. The molecule has 2 unspecified atom stereocenters. The molecule has 0 aromatic heterocycles. The van der Waals surface area contributed by atoms with Gasteiger partial charge in [0, 0.05) is 12.0 Å². The monoisotopic (exact) mass is 243 g/mol. The fraction of sp³-hybridized carbons (Fsp3) is 0.917. The van der Waals surface area contributed by atoms with Crippen molar-refractivity contribution in [3.63, 3.8) is 0 Å². The summed E-state index contributed by atoms with van der Waals surface area (Å²) >= 11 is 5.53. The van der Waals surface area contributed by atoms with E-state index in [-0.39, 0.29) is 23.0 Å². The first-order chi connectivity index (χ1) is 7.60. The highest BCUT2D eigenvalue weighted by molar-refractivity contribution is 6.26. The normalized spacial score (nSPS) is 48.6. The number of nitrogens with one attached hydrogen (secondary N) is 1. The van der Waals surface area contributed by atoms with E-state index in [1.165, 1.54) is 12.8 Å². The van der Waals surface area contributed by atoms with Crippen LogP contribution >= 0.6 is 11.6 Å². The molecule has 2 atom stereocenters. The van der Waals surface area contributed by atoms with Gasteiger partial charge in [0.1, 0.15) is 11.5 Å². The number of rotatable bonds is 3. The molecule has 0 aromatic rings. The summed E-state index contributed by atoms with van der Waals surface area (Å²) in [5.41, 5.74) is 0.0409. The van der Waals surface area contributed by atoms with Crippen LogP contribution in [0, 0.1) is 11.8 Å². The van der Waals surface area contributed by atoms with Crippen molar-refractivity contribution in [1.29, 1.82) is 0 Å². The van der Waals surface area contributed by atoms with Gasteiger partial charge in [-0.3, -0.25) is 4.79 Å². The lowest BCUT2D eigenvalue weighted by atomic mass is 9.73. The topological polar surface area (TPSA) is 38.3 Å². The van der Waals surface area contributed by atoms with Crippen LogP contribution in [0.25, 0.3) is 0 Å². The van der Waals surface area contributed by atoms with E-state index >= 15 is 0 Å². The van der Waals surface area contributed by atoms with Gasteiger partial charge < -0.3 is 10.1 Å².